The molecule has 25 heavy (non-hydrogen) atoms. The molecule has 0 bridgehead atoms. The van der Waals surface area contributed by atoms with Crippen molar-refractivity contribution >= 4 is 5.91 Å². The number of hydrogen-bond donors (Lipinski definition) is 0. The van der Waals surface area contributed by atoms with Crippen LogP contribution in [0.2, 0.25) is 0 Å². The fourth-order valence-corrected chi connectivity index (χ4v) is 3.55. The summed E-state index contributed by atoms with van der Waals surface area (Å²) in [5, 5.41) is 0. The summed E-state index contributed by atoms with van der Waals surface area (Å²) >= 11 is 0. The van der Waals surface area contributed by atoms with E-state index in [2.05, 4.69) is 0 Å². The highest BCUT2D eigenvalue weighted by Gasteiger charge is 2.29. The molecule has 1 atom stereocenters. The van der Waals surface area contributed by atoms with E-state index in [0.29, 0.717) is 24.2 Å². The first-order chi connectivity index (χ1) is 12.1. The summed E-state index contributed by atoms with van der Waals surface area (Å²) in [6.45, 7) is 3.34. The maximum atomic E-state index is 14.1. The molecule has 5 heteroatoms. The highest BCUT2D eigenvalue weighted by atomic mass is 19.1. The van der Waals surface area contributed by atoms with Crippen LogP contribution in [-0.2, 0) is 11.2 Å². The Morgan fingerprint density at radius 3 is 2.96 bits per heavy atom. The van der Waals surface area contributed by atoms with Gasteiger partial charge in [-0.05, 0) is 42.2 Å². The molecule has 4 rings (SSSR count). The van der Waals surface area contributed by atoms with Crippen LogP contribution >= 0.6 is 0 Å². The molecule has 2 aliphatic rings. The predicted molar refractivity (Wildman–Crippen MR) is 91.3 cm³/mol. The smallest absolute Gasteiger partial charge is 0.231 e. The number of aryl methyl sites for hydroxylation is 1. The normalized spacial score (nSPS) is 18.6. The van der Waals surface area contributed by atoms with E-state index < -0.39 is 0 Å². The van der Waals surface area contributed by atoms with Gasteiger partial charge in [0.15, 0.2) is 11.5 Å². The molecule has 1 fully saturated rings. The van der Waals surface area contributed by atoms with Gasteiger partial charge in [-0.1, -0.05) is 24.3 Å². The Morgan fingerprint density at radius 2 is 2.08 bits per heavy atom. The second kappa shape index (κ2) is 6.39. The molecule has 130 valence electrons. The quantitative estimate of drug-likeness (QED) is 0.859. The minimum atomic E-state index is -0.276. The number of halogens is 1. The van der Waals surface area contributed by atoms with Crippen molar-refractivity contribution in [2.24, 2.45) is 0 Å². The number of hydrogen-bond acceptors (Lipinski definition) is 3. The SMILES string of the molecule is Cc1cccc(CC(=O)N2CCC(c3ccc4c(c3)OCO4)C2)c1F. The van der Waals surface area contributed by atoms with Crippen LogP contribution in [0.4, 0.5) is 4.39 Å². The maximum absolute atomic E-state index is 14.1. The summed E-state index contributed by atoms with van der Waals surface area (Å²) in [6.07, 6.45) is 1.02. The second-order valence-corrected chi connectivity index (χ2v) is 6.66. The standard InChI is InChI=1S/C20H20FNO3/c1-13-3-2-4-15(20(13)21)10-19(23)22-8-7-16(11-22)14-5-6-17-18(9-14)25-12-24-17/h2-6,9,16H,7-8,10-12H2,1H3. The molecule has 0 saturated carbocycles. The third kappa shape index (κ3) is 3.06. The fourth-order valence-electron chi connectivity index (χ4n) is 3.55. The molecule has 0 N–H and O–H groups in total. The van der Waals surface area contributed by atoms with Crippen molar-refractivity contribution in [1.82, 2.24) is 4.90 Å². The third-order valence-corrected chi connectivity index (χ3v) is 5.02. The van der Waals surface area contributed by atoms with Gasteiger partial charge in [0.1, 0.15) is 5.82 Å². The van der Waals surface area contributed by atoms with Gasteiger partial charge in [0, 0.05) is 19.0 Å². The monoisotopic (exact) mass is 341 g/mol. The molecule has 2 aromatic carbocycles. The minimum absolute atomic E-state index is 0.0206. The summed E-state index contributed by atoms with van der Waals surface area (Å²) in [4.78, 5) is 14.4. The van der Waals surface area contributed by atoms with E-state index >= 15 is 0 Å². The average Bonchev–Trinajstić information content (AvgIpc) is 3.27. The summed E-state index contributed by atoms with van der Waals surface area (Å²) in [5.74, 6) is 1.52. The van der Waals surface area contributed by atoms with E-state index in [1.165, 1.54) is 0 Å². The molecule has 1 saturated heterocycles. The first-order valence-electron chi connectivity index (χ1n) is 8.53. The van der Waals surface area contributed by atoms with Crippen LogP contribution in [0.1, 0.15) is 29.0 Å². The van der Waals surface area contributed by atoms with Gasteiger partial charge in [-0.15, -0.1) is 0 Å². The number of nitrogens with zero attached hydrogens (tertiary/aromatic N) is 1. The lowest BCUT2D eigenvalue weighted by atomic mass is 9.98. The Balaban J connectivity index is 1.43. The number of carbonyl (C=O) groups is 1. The molecule has 2 heterocycles. The Bertz CT molecular complexity index is 821. The molecule has 0 radical (unpaired) electrons. The zero-order valence-corrected chi connectivity index (χ0v) is 14.1. The Kier molecular flexibility index (Phi) is 4.07. The van der Waals surface area contributed by atoms with Crippen LogP contribution in [0.3, 0.4) is 0 Å². The van der Waals surface area contributed by atoms with E-state index in [0.717, 1.165) is 23.5 Å². The Morgan fingerprint density at radius 1 is 1.24 bits per heavy atom. The lowest BCUT2D eigenvalue weighted by Crippen LogP contribution is -2.30. The minimum Gasteiger partial charge on any atom is -0.454 e. The van der Waals surface area contributed by atoms with E-state index in [1.54, 1.807) is 25.1 Å². The summed E-state index contributed by atoms with van der Waals surface area (Å²) in [5.41, 5.74) is 2.20. The van der Waals surface area contributed by atoms with E-state index in [9.17, 15) is 9.18 Å². The van der Waals surface area contributed by atoms with Gasteiger partial charge in [0.25, 0.3) is 0 Å². The van der Waals surface area contributed by atoms with Crippen LogP contribution in [0.25, 0.3) is 0 Å². The van der Waals surface area contributed by atoms with Gasteiger partial charge >= 0.3 is 0 Å². The molecule has 4 nitrogen and oxygen atoms in total. The zero-order valence-electron chi connectivity index (χ0n) is 14.1. The molecule has 2 aromatic rings. The van der Waals surface area contributed by atoms with Crippen LogP contribution in [0, 0.1) is 12.7 Å². The largest absolute Gasteiger partial charge is 0.454 e. The molecule has 1 amide bonds. The second-order valence-electron chi connectivity index (χ2n) is 6.66. The van der Waals surface area contributed by atoms with Crippen molar-refractivity contribution in [3.05, 3.63) is 58.9 Å². The number of rotatable bonds is 3. The van der Waals surface area contributed by atoms with E-state index in [-0.39, 0.29) is 30.9 Å². The molecule has 2 aliphatic heterocycles. The van der Waals surface area contributed by atoms with Crippen molar-refractivity contribution < 1.29 is 18.7 Å². The first-order valence-corrected chi connectivity index (χ1v) is 8.53. The van der Waals surface area contributed by atoms with Crippen LogP contribution in [0.15, 0.2) is 36.4 Å². The van der Waals surface area contributed by atoms with Crippen LogP contribution < -0.4 is 9.47 Å². The van der Waals surface area contributed by atoms with E-state index in [4.69, 9.17) is 9.47 Å². The summed E-state index contributed by atoms with van der Waals surface area (Å²) in [7, 11) is 0. The molecule has 1 unspecified atom stereocenters. The van der Waals surface area contributed by atoms with Gasteiger partial charge in [-0.3, -0.25) is 4.79 Å². The first kappa shape index (κ1) is 15.9. The lowest BCUT2D eigenvalue weighted by molar-refractivity contribution is -0.129. The number of carbonyl (C=O) groups excluding carboxylic acids is 1. The van der Waals surface area contributed by atoms with Crippen molar-refractivity contribution in [1.29, 1.82) is 0 Å². The predicted octanol–water partition coefficient (Wildman–Crippen LogP) is 3.42. The van der Waals surface area contributed by atoms with Gasteiger partial charge in [-0.25, -0.2) is 4.39 Å². The van der Waals surface area contributed by atoms with Gasteiger partial charge in [0.05, 0.1) is 6.42 Å². The highest BCUT2D eigenvalue weighted by molar-refractivity contribution is 5.79. The summed E-state index contributed by atoms with van der Waals surface area (Å²) in [6, 6.07) is 11.2. The lowest BCUT2D eigenvalue weighted by Gasteiger charge is -2.17. The van der Waals surface area contributed by atoms with Crippen molar-refractivity contribution in [2.45, 2.75) is 25.7 Å². The number of amides is 1. The van der Waals surface area contributed by atoms with Crippen LogP contribution in [-0.4, -0.2) is 30.7 Å². The maximum Gasteiger partial charge on any atom is 0.231 e. The molecular weight excluding hydrogens is 321 g/mol. The number of likely N-dealkylation sites (tertiary alicyclic amines) is 1. The molecule has 0 spiro atoms. The van der Waals surface area contributed by atoms with E-state index in [1.807, 2.05) is 23.1 Å². The summed E-state index contributed by atoms with van der Waals surface area (Å²) < 4.78 is 24.9. The fraction of sp³-hybridized carbons (Fsp3) is 0.350. The number of ether oxygens (including phenoxy) is 2. The number of benzene rings is 2. The average molecular weight is 341 g/mol. The molecule has 0 aliphatic carbocycles. The Labute approximate surface area is 146 Å². The topological polar surface area (TPSA) is 38.8 Å². The van der Waals surface area contributed by atoms with Gasteiger partial charge in [0.2, 0.25) is 12.7 Å². The van der Waals surface area contributed by atoms with Crippen molar-refractivity contribution in [3.63, 3.8) is 0 Å². The van der Waals surface area contributed by atoms with Gasteiger partial charge < -0.3 is 14.4 Å². The Hall–Kier alpha value is -2.56. The van der Waals surface area contributed by atoms with Crippen molar-refractivity contribution in [2.75, 3.05) is 19.9 Å². The molecular formula is C20H20FNO3. The highest BCUT2D eigenvalue weighted by Crippen LogP contribution is 2.37. The zero-order chi connectivity index (χ0) is 17.4. The van der Waals surface area contributed by atoms with Gasteiger partial charge in [-0.2, -0.15) is 0 Å². The number of fused-ring (bicyclic) bond motifs is 1. The third-order valence-electron chi connectivity index (χ3n) is 5.02. The van der Waals surface area contributed by atoms with Crippen molar-refractivity contribution in [3.8, 4) is 11.5 Å². The molecule has 0 aromatic heterocycles. The van der Waals surface area contributed by atoms with Crippen LogP contribution in [0.5, 0.6) is 11.5 Å².